The van der Waals surface area contributed by atoms with E-state index in [4.69, 9.17) is 0 Å². The zero-order valence-corrected chi connectivity index (χ0v) is 12.4. The maximum Gasteiger partial charge on any atom is 0.188 e. The maximum atomic E-state index is 12.4. The highest BCUT2D eigenvalue weighted by molar-refractivity contribution is 7.78. The Labute approximate surface area is 127 Å². The molecule has 1 unspecified atom stereocenters. The van der Waals surface area contributed by atoms with E-state index in [-0.39, 0.29) is 11.8 Å². The first-order valence-electron chi connectivity index (χ1n) is 6.55. The van der Waals surface area contributed by atoms with Gasteiger partial charge in [-0.25, -0.2) is 4.99 Å². The molecule has 1 heterocycles. The van der Waals surface area contributed by atoms with Gasteiger partial charge in [0.15, 0.2) is 5.78 Å². The fourth-order valence-corrected chi connectivity index (χ4v) is 3.11. The van der Waals surface area contributed by atoms with Crippen molar-refractivity contribution in [2.45, 2.75) is 18.9 Å². The molecule has 1 aliphatic carbocycles. The highest BCUT2D eigenvalue weighted by Gasteiger charge is 2.36. The topological polar surface area (TPSA) is 29.4 Å². The number of aliphatic imine (C=N–C) groups is 1. The molecule has 0 bridgehead atoms. The van der Waals surface area contributed by atoms with Gasteiger partial charge in [0.25, 0.3) is 0 Å². The van der Waals surface area contributed by atoms with Crippen LogP contribution in [0.1, 0.15) is 23.2 Å². The highest BCUT2D eigenvalue weighted by atomic mass is 32.1. The summed E-state index contributed by atoms with van der Waals surface area (Å²) < 4.78 is 0. The molecule has 0 saturated heterocycles. The Morgan fingerprint density at radius 1 is 1.30 bits per heavy atom. The Morgan fingerprint density at radius 2 is 2.05 bits per heavy atom. The van der Waals surface area contributed by atoms with Gasteiger partial charge in [-0.05, 0) is 48.0 Å². The molecule has 1 aliphatic rings. The largest absolute Gasteiger partial charge is 0.292 e. The summed E-state index contributed by atoms with van der Waals surface area (Å²) in [7, 11) is 0. The standard InChI is InChI=1S/C16H13NOS2/c18-16(15(17-10-19)12-5-6-12)13-7-3-11(4-8-13)14-2-1-9-20-14/h1-4,7-9,12,15H,5-6H2. The Balaban J connectivity index is 1.83. The average Bonchev–Trinajstić information content (AvgIpc) is 3.17. The average molecular weight is 299 g/mol. The van der Waals surface area contributed by atoms with Gasteiger partial charge < -0.3 is 0 Å². The van der Waals surface area contributed by atoms with Crippen LogP contribution in [0.2, 0.25) is 0 Å². The maximum absolute atomic E-state index is 12.4. The van der Waals surface area contributed by atoms with Gasteiger partial charge >= 0.3 is 0 Å². The van der Waals surface area contributed by atoms with Crippen molar-refractivity contribution in [1.29, 1.82) is 0 Å². The molecule has 0 amide bonds. The molecule has 2 aromatic rings. The van der Waals surface area contributed by atoms with Crippen molar-refractivity contribution in [3.05, 3.63) is 47.3 Å². The third kappa shape index (κ3) is 2.78. The molecule has 4 heteroatoms. The second kappa shape index (κ2) is 5.80. The summed E-state index contributed by atoms with van der Waals surface area (Å²) in [6, 6.07) is 11.5. The molecule has 20 heavy (non-hydrogen) atoms. The molecule has 0 radical (unpaired) electrons. The molecule has 3 rings (SSSR count). The summed E-state index contributed by atoms with van der Waals surface area (Å²) in [5, 5.41) is 4.41. The van der Waals surface area contributed by atoms with E-state index in [1.807, 2.05) is 35.7 Å². The molecule has 0 spiro atoms. The second-order valence-electron chi connectivity index (χ2n) is 4.92. The number of thiophene rings is 1. The van der Waals surface area contributed by atoms with Crippen LogP contribution >= 0.6 is 23.6 Å². The van der Waals surface area contributed by atoms with Gasteiger partial charge in [-0.2, -0.15) is 0 Å². The lowest BCUT2D eigenvalue weighted by molar-refractivity contribution is 0.0953. The van der Waals surface area contributed by atoms with Crippen LogP contribution in [0, 0.1) is 5.92 Å². The Kier molecular flexibility index (Phi) is 3.88. The number of nitrogens with zero attached hydrogens (tertiary/aromatic N) is 1. The van der Waals surface area contributed by atoms with E-state index >= 15 is 0 Å². The quantitative estimate of drug-likeness (QED) is 0.463. The molecule has 1 saturated carbocycles. The van der Waals surface area contributed by atoms with Crippen LogP contribution in [0.15, 0.2) is 46.8 Å². The SMILES string of the molecule is O=C(c1ccc(-c2cccs2)cc1)C(N=C=S)C1CC1. The fourth-order valence-electron chi connectivity index (χ4n) is 2.26. The third-order valence-corrected chi connectivity index (χ3v) is 4.53. The second-order valence-corrected chi connectivity index (χ2v) is 6.05. The molecule has 0 N–H and O–H groups in total. The number of hydrogen-bond acceptors (Lipinski definition) is 4. The predicted molar refractivity (Wildman–Crippen MR) is 85.6 cm³/mol. The van der Waals surface area contributed by atoms with Crippen molar-refractivity contribution in [3.8, 4) is 10.4 Å². The molecule has 2 nitrogen and oxygen atoms in total. The highest BCUT2D eigenvalue weighted by Crippen LogP contribution is 2.36. The van der Waals surface area contributed by atoms with Crippen LogP contribution in [0.5, 0.6) is 0 Å². The monoisotopic (exact) mass is 299 g/mol. The van der Waals surface area contributed by atoms with Crippen molar-refractivity contribution in [3.63, 3.8) is 0 Å². The number of rotatable bonds is 5. The van der Waals surface area contributed by atoms with Gasteiger partial charge in [0.05, 0.1) is 5.16 Å². The first-order valence-corrected chi connectivity index (χ1v) is 7.83. The van der Waals surface area contributed by atoms with E-state index in [9.17, 15) is 4.79 Å². The summed E-state index contributed by atoms with van der Waals surface area (Å²) >= 11 is 6.34. The van der Waals surface area contributed by atoms with Gasteiger partial charge in [0, 0.05) is 10.4 Å². The molecular weight excluding hydrogens is 286 g/mol. The Hall–Kier alpha value is -1.61. The molecule has 1 aromatic heterocycles. The van der Waals surface area contributed by atoms with Crippen LogP contribution in [-0.2, 0) is 0 Å². The Morgan fingerprint density at radius 3 is 2.60 bits per heavy atom. The van der Waals surface area contributed by atoms with Crippen LogP contribution in [0.4, 0.5) is 0 Å². The number of carbonyl (C=O) groups excluding carboxylic acids is 1. The molecule has 1 fully saturated rings. The van der Waals surface area contributed by atoms with Crippen LogP contribution in [-0.4, -0.2) is 17.0 Å². The van der Waals surface area contributed by atoms with Gasteiger partial charge in [0.2, 0.25) is 0 Å². The zero-order valence-electron chi connectivity index (χ0n) is 10.8. The Bertz CT molecular complexity index is 650. The summed E-state index contributed by atoms with van der Waals surface area (Å²) in [5.74, 6) is 0.414. The number of hydrogen-bond donors (Lipinski definition) is 0. The smallest absolute Gasteiger partial charge is 0.188 e. The minimum absolute atomic E-state index is 0.0579. The molecule has 1 aromatic carbocycles. The van der Waals surface area contributed by atoms with Crippen molar-refractivity contribution in [2.24, 2.45) is 10.9 Å². The lowest BCUT2D eigenvalue weighted by atomic mass is 9.99. The molecular formula is C16H13NOS2. The number of carbonyl (C=O) groups is 1. The van der Waals surface area contributed by atoms with Crippen LogP contribution < -0.4 is 0 Å². The van der Waals surface area contributed by atoms with E-state index in [1.54, 1.807) is 11.3 Å². The fraction of sp³-hybridized carbons (Fsp3) is 0.250. The number of Topliss-reactive ketones (excluding diaryl/α,β-unsaturated/α-hetero) is 1. The first-order chi connectivity index (χ1) is 9.79. The number of thiocarbonyl (C=S) groups is 1. The molecule has 1 atom stereocenters. The first kappa shape index (κ1) is 13.4. The lowest BCUT2D eigenvalue weighted by Gasteiger charge is -2.09. The summed E-state index contributed by atoms with van der Waals surface area (Å²) in [6.45, 7) is 0. The minimum atomic E-state index is -0.333. The van der Waals surface area contributed by atoms with Gasteiger partial charge in [-0.15, -0.1) is 11.3 Å². The number of benzene rings is 1. The van der Waals surface area contributed by atoms with Crippen LogP contribution in [0.25, 0.3) is 10.4 Å². The van der Waals surface area contributed by atoms with E-state index in [2.05, 4.69) is 28.4 Å². The third-order valence-electron chi connectivity index (χ3n) is 3.50. The summed E-state index contributed by atoms with van der Waals surface area (Å²) in [6.07, 6.45) is 2.12. The molecule has 0 aliphatic heterocycles. The van der Waals surface area contributed by atoms with Crippen molar-refractivity contribution in [2.75, 3.05) is 0 Å². The summed E-state index contributed by atoms with van der Waals surface area (Å²) in [5.41, 5.74) is 1.84. The zero-order chi connectivity index (χ0) is 13.9. The van der Waals surface area contributed by atoms with Crippen molar-refractivity contribution >= 4 is 34.5 Å². The number of isothiocyanates is 1. The van der Waals surface area contributed by atoms with Gasteiger partial charge in [0.1, 0.15) is 6.04 Å². The molecule has 100 valence electrons. The normalized spacial score (nSPS) is 15.4. The van der Waals surface area contributed by atoms with E-state index < -0.39 is 0 Å². The van der Waals surface area contributed by atoms with E-state index in [0.29, 0.717) is 11.5 Å². The van der Waals surface area contributed by atoms with Crippen molar-refractivity contribution < 1.29 is 4.79 Å². The minimum Gasteiger partial charge on any atom is -0.292 e. The van der Waals surface area contributed by atoms with Gasteiger partial charge in [-0.1, -0.05) is 30.3 Å². The van der Waals surface area contributed by atoms with Crippen LogP contribution in [0.3, 0.4) is 0 Å². The lowest BCUT2D eigenvalue weighted by Crippen LogP contribution is -2.20. The van der Waals surface area contributed by atoms with E-state index in [0.717, 1.165) is 18.4 Å². The van der Waals surface area contributed by atoms with Gasteiger partial charge in [-0.3, -0.25) is 4.79 Å². The van der Waals surface area contributed by atoms with E-state index in [1.165, 1.54) is 4.88 Å². The summed E-state index contributed by atoms with van der Waals surface area (Å²) in [4.78, 5) is 17.7. The van der Waals surface area contributed by atoms with Crippen molar-refractivity contribution in [1.82, 2.24) is 0 Å². The predicted octanol–water partition coefficient (Wildman–Crippen LogP) is 4.48. The number of ketones is 1.